The molecule has 1 amide bonds. The number of rotatable bonds is 4. The van der Waals surface area contributed by atoms with Crippen LogP contribution in [0.3, 0.4) is 0 Å². The molecule has 3 rings (SSSR count). The summed E-state index contributed by atoms with van der Waals surface area (Å²) in [6, 6.07) is 0.454. The fourth-order valence-corrected chi connectivity index (χ4v) is 3.33. The Morgan fingerprint density at radius 1 is 1.32 bits per heavy atom. The van der Waals surface area contributed by atoms with E-state index >= 15 is 0 Å². The minimum atomic E-state index is -0.110. The van der Waals surface area contributed by atoms with Crippen molar-refractivity contribution < 1.29 is 4.79 Å². The molecule has 1 saturated carbocycles. The van der Waals surface area contributed by atoms with Gasteiger partial charge in [-0.15, -0.1) is 5.10 Å². The highest BCUT2D eigenvalue weighted by molar-refractivity contribution is 8.00. The van der Waals surface area contributed by atoms with E-state index in [0.29, 0.717) is 6.04 Å². The van der Waals surface area contributed by atoms with Crippen molar-refractivity contribution in [2.24, 2.45) is 0 Å². The van der Waals surface area contributed by atoms with Gasteiger partial charge in [0.1, 0.15) is 0 Å². The van der Waals surface area contributed by atoms with Gasteiger partial charge in [-0.25, -0.2) is 4.68 Å². The number of thioether (sulfide) groups is 1. The van der Waals surface area contributed by atoms with Gasteiger partial charge in [0.2, 0.25) is 11.1 Å². The summed E-state index contributed by atoms with van der Waals surface area (Å²) in [5, 5.41) is 12.4. The summed E-state index contributed by atoms with van der Waals surface area (Å²) in [5.41, 5.74) is 0. The van der Waals surface area contributed by atoms with Gasteiger partial charge in [-0.05, 0) is 49.5 Å². The minimum Gasteiger partial charge on any atom is -0.342 e. The quantitative estimate of drug-likeness (QED) is 0.783. The van der Waals surface area contributed by atoms with Crippen molar-refractivity contribution in [3.63, 3.8) is 0 Å². The van der Waals surface area contributed by atoms with Crippen LogP contribution in [-0.4, -0.2) is 49.4 Å². The van der Waals surface area contributed by atoms with E-state index in [1.165, 1.54) is 18.2 Å². The van der Waals surface area contributed by atoms with Gasteiger partial charge in [-0.3, -0.25) is 4.79 Å². The maximum absolute atomic E-state index is 12.3. The molecule has 1 unspecified atom stereocenters. The van der Waals surface area contributed by atoms with Crippen LogP contribution >= 0.6 is 11.8 Å². The van der Waals surface area contributed by atoms with Gasteiger partial charge in [0.05, 0.1) is 11.3 Å². The van der Waals surface area contributed by atoms with E-state index in [1.54, 1.807) is 0 Å². The normalized spacial score (nSPS) is 21.4. The smallest absolute Gasteiger partial charge is 0.235 e. The van der Waals surface area contributed by atoms with Crippen LogP contribution in [0.25, 0.3) is 0 Å². The number of hydrogen-bond acceptors (Lipinski definition) is 5. The zero-order chi connectivity index (χ0) is 13.2. The van der Waals surface area contributed by atoms with Gasteiger partial charge in [0.15, 0.2) is 0 Å². The Balaban J connectivity index is 1.61. The van der Waals surface area contributed by atoms with E-state index in [4.69, 9.17) is 0 Å². The zero-order valence-corrected chi connectivity index (χ0v) is 12.0. The second kappa shape index (κ2) is 5.48. The lowest BCUT2D eigenvalue weighted by molar-refractivity contribution is -0.131. The standard InChI is InChI=1S/C12H19N5OS/c1-9(11(18)16-7-3-2-4-8-16)19-12-13-14-15-17(12)10-5-6-10/h9-10H,2-8H2,1H3. The van der Waals surface area contributed by atoms with Crippen LogP contribution in [-0.2, 0) is 4.79 Å². The Bertz CT molecular complexity index is 453. The minimum absolute atomic E-state index is 0.110. The topological polar surface area (TPSA) is 63.9 Å². The van der Waals surface area contributed by atoms with Crippen LogP contribution in [0.4, 0.5) is 0 Å². The third-order valence-corrected chi connectivity index (χ3v) is 4.69. The Kier molecular flexibility index (Phi) is 3.72. The molecule has 6 nitrogen and oxygen atoms in total. The number of carbonyl (C=O) groups is 1. The SMILES string of the molecule is CC(Sc1nnnn1C1CC1)C(=O)N1CCCCC1. The molecule has 1 saturated heterocycles. The number of aromatic nitrogens is 4. The number of amides is 1. The second-order valence-corrected chi connectivity index (χ2v) is 6.59. The molecule has 2 fully saturated rings. The Hall–Kier alpha value is -1.11. The van der Waals surface area contributed by atoms with Gasteiger partial charge in [0, 0.05) is 13.1 Å². The van der Waals surface area contributed by atoms with Crippen molar-refractivity contribution in [3.8, 4) is 0 Å². The van der Waals surface area contributed by atoms with Crippen LogP contribution in [0.5, 0.6) is 0 Å². The van der Waals surface area contributed by atoms with Crippen LogP contribution in [0, 0.1) is 0 Å². The van der Waals surface area contributed by atoms with Crippen LogP contribution in [0.15, 0.2) is 5.16 Å². The number of tetrazole rings is 1. The maximum atomic E-state index is 12.3. The highest BCUT2D eigenvalue weighted by atomic mass is 32.2. The highest BCUT2D eigenvalue weighted by Crippen LogP contribution is 2.37. The molecule has 0 radical (unpaired) electrons. The van der Waals surface area contributed by atoms with E-state index in [-0.39, 0.29) is 11.2 Å². The molecule has 19 heavy (non-hydrogen) atoms. The summed E-state index contributed by atoms with van der Waals surface area (Å²) in [6.07, 6.45) is 5.79. The van der Waals surface area contributed by atoms with E-state index in [1.807, 2.05) is 16.5 Å². The predicted octanol–water partition coefficient (Wildman–Crippen LogP) is 1.50. The molecule has 0 N–H and O–H groups in total. The van der Waals surface area contributed by atoms with Gasteiger partial charge in [-0.1, -0.05) is 11.8 Å². The van der Waals surface area contributed by atoms with Crippen molar-refractivity contribution in [1.29, 1.82) is 0 Å². The van der Waals surface area contributed by atoms with Crippen molar-refractivity contribution in [2.75, 3.05) is 13.1 Å². The van der Waals surface area contributed by atoms with Crippen molar-refractivity contribution in [3.05, 3.63) is 0 Å². The van der Waals surface area contributed by atoms with E-state index in [2.05, 4.69) is 15.5 Å². The second-order valence-electron chi connectivity index (χ2n) is 5.28. The van der Waals surface area contributed by atoms with Crippen LogP contribution < -0.4 is 0 Å². The monoisotopic (exact) mass is 281 g/mol. The summed E-state index contributed by atoms with van der Waals surface area (Å²) in [5.74, 6) is 0.218. The summed E-state index contributed by atoms with van der Waals surface area (Å²) >= 11 is 1.48. The Morgan fingerprint density at radius 3 is 2.74 bits per heavy atom. The highest BCUT2D eigenvalue weighted by Gasteiger charge is 2.30. The first-order valence-corrected chi connectivity index (χ1v) is 7.87. The number of hydrogen-bond donors (Lipinski definition) is 0. The predicted molar refractivity (Wildman–Crippen MR) is 71.8 cm³/mol. The lowest BCUT2D eigenvalue weighted by Gasteiger charge is -2.28. The molecule has 7 heteroatoms. The van der Waals surface area contributed by atoms with Gasteiger partial charge < -0.3 is 4.90 Å². The molecular formula is C12H19N5OS. The average Bonchev–Trinajstić information content (AvgIpc) is 3.19. The third kappa shape index (κ3) is 2.91. The summed E-state index contributed by atoms with van der Waals surface area (Å²) < 4.78 is 1.87. The molecule has 0 bridgehead atoms. The first-order chi connectivity index (χ1) is 9.25. The Labute approximate surface area is 116 Å². The van der Waals surface area contributed by atoms with E-state index in [9.17, 15) is 4.79 Å². The van der Waals surface area contributed by atoms with E-state index in [0.717, 1.165) is 43.9 Å². The summed E-state index contributed by atoms with van der Waals surface area (Å²) in [7, 11) is 0. The summed E-state index contributed by atoms with van der Waals surface area (Å²) in [6.45, 7) is 3.75. The molecule has 0 spiro atoms. The molecular weight excluding hydrogens is 262 g/mol. The van der Waals surface area contributed by atoms with Gasteiger partial charge >= 0.3 is 0 Å². The van der Waals surface area contributed by atoms with Gasteiger partial charge in [0.25, 0.3) is 0 Å². The molecule has 1 atom stereocenters. The lowest BCUT2D eigenvalue weighted by Crippen LogP contribution is -2.40. The zero-order valence-electron chi connectivity index (χ0n) is 11.2. The molecule has 2 aliphatic rings. The number of nitrogens with zero attached hydrogens (tertiary/aromatic N) is 5. The third-order valence-electron chi connectivity index (χ3n) is 3.65. The molecule has 1 aliphatic carbocycles. The summed E-state index contributed by atoms with van der Waals surface area (Å²) in [4.78, 5) is 14.3. The number of likely N-dealkylation sites (tertiary alicyclic amines) is 1. The largest absolute Gasteiger partial charge is 0.342 e. The molecule has 1 aromatic heterocycles. The number of carbonyl (C=O) groups excluding carboxylic acids is 1. The van der Waals surface area contributed by atoms with Crippen LogP contribution in [0.2, 0.25) is 0 Å². The lowest BCUT2D eigenvalue weighted by atomic mass is 10.1. The fourth-order valence-electron chi connectivity index (χ4n) is 2.39. The van der Waals surface area contributed by atoms with Crippen molar-refractivity contribution in [1.82, 2.24) is 25.1 Å². The molecule has 0 aromatic carbocycles. The molecule has 1 aliphatic heterocycles. The maximum Gasteiger partial charge on any atom is 0.235 e. The fraction of sp³-hybridized carbons (Fsp3) is 0.833. The Morgan fingerprint density at radius 2 is 2.05 bits per heavy atom. The van der Waals surface area contributed by atoms with Crippen LogP contribution in [0.1, 0.15) is 45.1 Å². The van der Waals surface area contributed by atoms with Gasteiger partial charge in [-0.2, -0.15) is 0 Å². The molecule has 2 heterocycles. The molecule has 104 valence electrons. The number of piperidine rings is 1. The first kappa shape index (κ1) is 12.9. The van der Waals surface area contributed by atoms with E-state index < -0.39 is 0 Å². The average molecular weight is 281 g/mol. The molecule has 1 aromatic rings. The van der Waals surface area contributed by atoms with Crippen molar-refractivity contribution in [2.45, 2.75) is 55.5 Å². The first-order valence-electron chi connectivity index (χ1n) is 6.99. The van der Waals surface area contributed by atoms with Crippen molar-refractivity contribution >= 4 is 17.7 Å².